The Morgan fingerprint density at radius 1 is 1.07 bits per heavy atom. The Kier molecular flexibility index (Phi) is 4.58. The molecular formula is C22H19ClN4O2. The number of hydrogen-bond donors (Lipinski definition) is 1. The van der Waals surface area contributed by atoms with Crippen molar-refractivity contribution >= 4 is 33.9 Å². The van der Waals surface area contributed by atoms with E-state index >= 15 is 0 Å². The molecule has 0 radical (unpaired) electrons. The summed E-state index contributed by atoms with van der Waals surface area (Å²) in [5, 5.41) is 9.57. The standard InChI is InChI=1S/C22H19ClN4O2/c1-27-22-18(12-25-27)14-3-5-19-17(10-14)20(6-7-24-19)26-21-11-16(23)4-2-15(21)13-28-8-9-29-22/h2-7,10-12,26H,8-9,13H2,1H3. The van der Waals surface area contributed by atoms with Crippen LogP contribution in [0.15, 0.2) is 54.9 Å². The topological polar surface area (TPSA) is 61.2 Å². The maximum atomic E-state index is 6.26. The molecule has 3 heterocycles. The zero-order valence-electron chi connectivity index (χ0n) is 15.9. The van der Waals surface area contributed by atoms with Crippen LogP contribution in [0.5, 0.6) is 5.88 Å². The summed E-state index contributed by atoms with van der Waals surface area (Å²) in [6, 6.07) is 13.9. The highest BCUT2D eigenvalue weighted by molar-refractivity contribution is 6.30. The highest BCUT2D eigenvalue weighted by Gasteiger charge is 2.15. The Balaban J connectivity index is 1.70. The monoisotopic (exact) mass is 406 g/mol. The Labute approximate surface area is 173 Å². The number of anilines is 2. The van der Waals surface area contributed by atoms with E-state index in [4.69, 9.17) is 21.1 Å². The van der Waals surface area contributed by atoms with E-state index in [1.807, 2.05) is 49.6 Å². The number of halogens is 1. The molecule has 1 N–H and O–H groups in total. The minimum atomic E-state index is 0.434. The van der Waals surface area contributed by atoms with Gasteiger partial charge in [0, 0.05) is 40.6 Å². The van der Waals surface area contributed by atoms with Crippen LogP contribution in [-0.2, 0) is 18.4 Å². The van der Waals surface area contributed by atoms with E-state index < -0.39 is 0 Å². The van der Waals surface area contributed by atoms with Gasteiger partial charge >= 0.3 is 0 Å². The molecule has 2 aromatic carbocycles. The lowest BCUT2D eigenvalue weighted by Gasteiger charge is -2.16. The molecule has 5 rings (SSSR count). The van der Waals surface area contributed by atoms with E-state index in [1.165, 1.54) is 0 Å². The molecule has 0 unspecified atom stereocenters. The summed E-state index contributed by atoms with van der Waals surface area (Å²) in [7, 11) is 1.87. The molecule has 0 spiro atoms. The molecule has 4 aromatic rings. The second kappa shape index (κ2) is 7.39. The van der Waals surface area contributed by atoms with Crippen LogP contribution in [0.4, 0.5) is 11.4 Å². The van der Waals surface area contributed by atoms with Crippen LogP contribution in [0.25, 0.3) is 22.0 Å². The first-order chi connectivity index (χ1) is 14.2. The number of aryl methyl sites for hydroxylation is 1. The third-order valence-electron chi connectivity index (χ3n) is 5.00. The van der Waals surface area contributed by atoms with Gasteiger partial charge in [-0.05, 0) is 35.9 Å². The van der Waals surface area contributed by atoms with E-state index in [-0.39, 0.29) is 0 Å². The summed E-state index contributed by atoms with van der Waals surface area (Å²) in [5.41, 5.74) is 5.73. The fourth-order valence-corrected chi connectivity index (χ4v) is 3.71. The fourth-order valence-electron chi connectivity index (χ4n) is 3.53. The minimum Gasteiger partial charge on any atom is -0.475 e. The second-order valence-electron chi connectivity index (χ2n) is 6.90. The van der Waals surface area contributed by atoms with Gasteiger partial charge in [-0.3, -0.25) is 4.98 Å². The molecule has 29 heavy (non-hydrogen) atoms. The molecule has 0 saturated heterocycles. The van der Waals surface area contributed by atoms with E-state index in [9.17, 15) is 0 Å². The maximum absolute atomic E-state index is 6.26. The normalized spacial score (nSPS) is 13.9. The molecule has 7 heteroatoms. The van der Waals surface area contributed by atoms with Gasteiger partial charge in [0.25, 0.3) is 0 Å². The SMILES string of the molecule is Cn1ncc2c1OCCOCc1ccc(Cl)cc1Nc1ccnc3ccc-2cc13. The van der Waals surface area contributed by atoms with E-state index in [0.717, 1.165) is 44.8 Å². The Morgan fingerprint density at radius 2 is 2.00 bits per heavy atom. The van der Waals surface area contributed by atoms with E-state index in [1.54, 1.807) is 10.9 Å². The average Bonchev–Trinajstić information content (AvgIpc) is 3.09. The summed E-state index contributed by atoms with van der Waals surface area (Å²) < 4.78 is 13.6. The van der Waals surface area contributed by atoms with Gasteiger partial charge in [-0.15, -0.1) is 0 Å². The van der Waals surface area contributed by atoms with Crippen molar-refractivity contribution in [2.24, 2.45) is 7.05 Å². The molecule has 0 amide bonds. The van der Waals surface area contributed by atoms with Crippen molar-refractivity contribution in [1.29, 1.82) is 0 Å². The first-order valence-corrected chi connectivity index (χ1v) is 9.74. The van der Waals surface area contributed by atoms with Gasteiger partial charge in [0.1, 0.15) is 6.61 Å². The number of pyridine rings is 1. The number of nitrogens with zero attached hydrogens (tertiary/aromatic N) is 3. The minimum absolute atomic E-state index is 0.434. The van der Waals surface area contributed by atoms with Crippen LogP contribution in [0, 0.1) is 0 Å². The number of rotatable bonds is 0. The van der Waals surface area contributed by atoms with Crippen LogP contribution in [0.3, 0.4) is 0 Å². The predicted octanol–water partition coefficient (Wildman–Crippen LogP) is 4.94. The summed E-state index contributed by atoms with van der Waals surface area (Å²) in [6.45, 7) is 1.35. The van der Waals surface area contributed by atoms with Crippen LogP contribution in [0.2, 0.25) is 5.02 Å². The summed E-state index contributed by atoms with van der Waals surface area (Å²) >= 11 is 6.26. The van der Waals surface area contributed by atoms with Crippen LogP contribution >= 0.6 is 11.6 Å². The molecule has 6 nitrogen and oxygen atoms in total. The predicted molar refractivity (Wildman–Crippen MR) is 114 cm³/mol. The Morgan fingerprint density at radius 3 is 2.93 bits per heavy atom. The molecular weight excluding hydrogens is 388 g/mol. The number of nitrogens with one attached hydrogen (secondary N) is 1. The van der Waals surface area contributed by atoms with Gasteiger partial charge in [0.2, 0.25) is 5.88 Å². The zero-order valence-corrected chi connectivity index (χ0v) is 16.6. The van der Waals surface area contributed by atoms with Gasteiger partial charge in [0.05, 0.1) is 30.5 Å². The molecule has 1 aliphatic heterocycles. The van der Waals surface area contributed by atoms with Gasteiger partial charge in [-0.2, -0.15) is 5.10 Å². The smallest absolute Gasteiger partial charge is 0.219 e. The first kappa shape index (κ1) is 18.0. The molecule has 0 saturated carbocycles. The number of hydrogen-bond acceptors (Lipinski definition) is 5. The summed E-state index contributed by atoms with van der Waals surface area (Å²) in [6.07, 6.45) is 3.62. The van der Waals surface area contributed by atoms with Gasteiger partial charge in [-0.25, -0.2) is 4.68 Å². The number of ether oxygens (including phenoxy) is 2. The molecule has 146 valence electrons. The fraction of sp³-hybridized carbons (Fsp3) is 0.182. The van der Waals surface area contributed by atoms with Crippen molar-refractivity contribution in [3.05, 3.63) is 65.4 Å². The van der Waals surface area contributed by atoms with E-state index in [0.29, 0.717) is 24.8 Å². The maximum Gasteiger partial charge on any atom is 0.219 e. The number of fused-ring (bicyclic) bond motifs is 4. The molecule has 0 atom stereocenters. The van der Waals surface area contributed by atoms with Crippen LogP contribution < -0.4 is 10.1 Å². The van der Waals surface area contributed by atoms with Crippen LogP contribution in [0.1, 0.15) is 5.56 Å². The number of benzene rings is 2. The average molecular weight is 407 g/mol. The van der Waals surface area contributed by atoms with Gasteiger partial charge in [-0.1, -0.05) is 23.7 Å². The summed E-state index contributed by atoms with van der Waals surface area (Å²) in [4.78, 5) is 4.51. The summed E-state index contributed by atoms with van der Waals surface area (Å²) in [5.74, 6) is 0.718. The quantitative estimate of drug-likeness (QED) is 0.448. The molecule has 2 bridgehead atoms. The lowest BCUT2D eigenvalue weighted by Crippen LogP contribution is -2.10. The van der Waals surface area contributed by atoms with Crippen molar-refractivity contribution in [2.45, 2.75) is 6.61 Å². The van der Waals surface area contributed by atoms with Gasteiger partial charge < -0.3 is 14.8 Å². The molecule has 2 aromatic heterocycles. The van der Waals surface area contributed by atoms with E-state index in [2.05, 4.69) is 21.5 Å². The Bertz CT molecular complexity index is 1200. The molecule has 0 aliphatic carbocycles. The van der Waals surface area contributed by atoms with Crippen molar-refractivity contribution in [3.8, 4) is 17.0 Å². The van der Waals surface area contributed by atoms with Crippen molar-refractivity contribution < 1.29 is 9.47 Å². The first-order valence-electron chi connectivity index (χ1n) is 9.36. The second-order valence-corrected chi connectivity index (χ2v) is 7.34. The van der Waals surface area contributed by atoms with Crippen LogP contribution in [-0.4, -0.2) is 28.0 Å². The number of aromatic nitrogens is 3. The van der Waals surface area contributed by atoms with Crippen molar-refractivity contribution in [1.82, 2.24) is 14.8 Å². The highest BCUT2D eigenvalue weighted by atomic mass is 35.5. The third-order valence-corrected chi connectivity index (χ3v) is 5.24. The lowest BCUT2D eigenvalue weighted by molar-refractivity contribution is 0.0865. The van der Waals surface area contributed by atoms with Crippen molar-refractivity contribution in [3.63, 3.8) is 0 Å². The molecule has 1 aliphatic rings. The zero-order chi connectivity index (χ0) is 19.8. The van der Waals surface area contributed by atoms with Crippen molar-refractivity contribution in [2.75, 3.05) is 18.5 Å². The Hall–Kier alpha value is -3.09. The highest BCUT2D eigenvalue weighted by Crippen LogP contribution is 2.35. The largest absolute Gasteiger partial charge is 0.475 e. The lowest BCUT2D eigenvalue weighted by atomic mass is 10.0. The third kappa shape index (κ3) is 3.41. The molecule has 0 fully saturated rings. The van der Waals surface area contributed by atoms with Gasteiger partial charge in [0.15, 0.2) is 0 Å².